The monoisotopic (exact) mass is 374 g/mol. The lowest BCUT2D eigenvalue weighted by Gasteiger charge is -2.16. The van der Waals surface area contributed by atoms with E-state index in [1.54, 1.807) is 12.4 Å². The predicted octanol–water partition coefficient (Wildman–Crippen LogP) is 2.77. The molecule has 0 aliphatic carbocycles. The molecule has 2 aliphatic rings. The first-order chi connectivity index (χ1) is 13.7. The molecule has 4 rings (SSSR count). The lowest BCUT2D eigenvalue weighted by molar-refractivity contribution is -0.118. The number of nitrogens with one attached hydrogen (secondary N) is 1. The molecule has 2 amide bonds. The molecule has 6 heteroatoms. The van der Waals surface area contributed by atoms with Crippen molar-refractivity contribution in [1.82, 2.24) is 10.3 Å². The summed E-state index contributed by atoms with van der Waals surface area (Å²) in [5.41, 5.74) is 5.45. The maximum Gasteiger partial charge on any atom is 0.269 e. The van der Waals surface area contributed by atoms with Gasteiger partial charge in [-0.3, -0.25) is 14.6 Å². The summed E-state index contributed by atoms with van der Waals surface area (Å²) in [6.07, 6.45) is 7.29. The van der Waals surface area contributed by atoms with Crippen LogP contribution in [-0.4, -0.2) is 29.1 Å². The molecular formula is C22H22N4O2. The van der Waals surface area contributed by atoms with Crippen LogP contribution in [0.25, 0.3) is 0 Å². The Morgan fingerprint density at radius 2 is 2.14 bits per heavy atom. The fraction of sp³-hybridized carbons (Fsp3) is 0.273. The van der Waals surface area contributed by atoms with E-state index in [1.165, 1.54) is 0 Å². The minimum Gasteiger partial charge on any atom is -0.347 e. The smallest absolute Gasteiger partial charge is 0.269 e. The Bertz CT molecular complexity index is 979. The number of aromatic nitrogens is 1. The van der Waals surface area contributed by atoms with Crippen LogP contribution in [0.5, 0.6) is 0 Å². The first-order valence-corrected chi connectivity index (χ1v) is 9.54. The number of benzene rings is 1. The van der Waals surface area contributed by atoms with Crippen molar-refractivity contribution in [2.24, 2.45) is 4.99 Å². The lowest BCUT2D eigenvalue weighted by Crippen LogP contribution is -2.27. The predicted molar refractivity (Wildman–Crippen MR) is 108 cm³/mol. The largest absolute Gasteiger partial charge is 0.347 e. The molecule has 0 spiro atoms. The van der Waals surface area contributed by atoms with Crippen LogP contribution in [-0.2, 0) is 22.6 Å². The number of hydrogen-bond acceptors (Lipinski definition) is 4. The molecule has 0 radical (unpaired) electrons. The van der Waals surface area contributed by atoms with E-state index in [4.69, 9.17) is 0 Å². The van der Waals surface area contributed by atoms with Gasteiger partial charge in [0.2, 0.25) is 5.91 Å². The zero-order valence-electron chi connectivity index (χ0n) is 15.8. The second kappa shape index (κ2) is 7.76. The van der Waals surface area contributed by atoms with Crippen molar-refractivity contribution >= 4 is 23.2 Å². The third-order valence-corrected chi connectivity index (χ3v) is 5.06. The molecule has 1 N–H and O–H groups in total. The van der Waals surface area contributed by atoms with Crippen molar-refractivity contribution in [2.75, 3.05) is 11.4 Å². The van der Waals surface area contributed by atoms with Crippen LogP contribution in [0.1, 0.15) is 36.5 Å². The van der Waals surface area contributed by atoms with E-state index in [0.29, 0.717) is 25.1 Å². The van der Waals surface area contributed by atoms with Gasteiger partial charge < -0.3 is 10.2 Å². The molecule has 142 valence electrons. The Morgan fingerprint density at radius 1 is 1.25 bits per heavy atom. The van der Waals surface area contributed by atoms with Gasteiger partial charge in [-0.2, -0.15) is 0 Å². The first-order valence-electron chi connectivity index (χ1n) is 9.54. The molecule has 6 nitrogen and oxygen atoms in total. The SMILES string of the molecule is CCC(=O)N1CCc2cc(C3=NC(C(=O)NCc4cccnc4)=CC3)ccc21. The standard InChI is InChI=1S/C22H22N4O2/c1-2-21(27)26-11-9-17-12-16(5-8-20(17)26)18-6-7-19(25-18)22(28)24-14-15-4-3-10-23-13-15/h3-5,7-8,10,12-13H,2,6,9,11,14H2,1H3,(H,24,28). The van der Waals surface area contributed by atoms with Crippen molar-refractivity contribution in [3.8, 4) is 0 Å². The number of carbonyl (C=O) groups is 2. The van der Waals surface area contributed by atoms with Gasteiger partial charge in [0.15, 0.2) is 0 Å². The zero-order valence-corrected chi connectivity index (χ0v) is 15.8. The summed E-state index contributed by atoms with van der Waals surface area (Å²) in [6.45, 7) is 3.04. The Morgan fingerprint density at radius 3 is 2.93 bits per heavy atom. The highest BCUT2D eigenvalue weighted by Crippen LogP contribution is 2.30. The Kier molecular flexibility index (Phi) is 5.02. The topological polar surface area (TPSA) is 74.7 Å². The molecule has 0 atom stereocenters. The Labute approximate surface area is 164 Å². The summed E-state index contributed by atoms with van der Waals surface area (Å²) in [6, 6.07) is 9.84. The van der Waals surface area contributed by atoms with Gasteiger partial charge in [0.25, 0.3) is 5.91 Å². The number of nitrogens with zero attached hydrogens (tertiary/aromatic N) is 3. The number of anilines is 1. The number of rotatable bonds is 5. The molecule has 0 fully saturated rings. The van der Waals surface area contributed by atoms with Crippen molar-refractivity contribution < 1.29 is 9.59 Å². The van der Waals surface area contributed by atoms with E-state index in [0.717, 1.165) is 41.1 Å². The molecule has 0 saturated carbocycles. The van der Waals surface area contributed by atoms with Gasteiger partial charge in [0, 0.05) is 44.0 Å². The molecule has 1 aromatic heterocycles. The zero-order chi connectivity index (χ0) is 19.5. The van der Waals surface area contributed by atoms with Gasteiger partial charge >= 0.3 is 0 Å². The van der Waals surface area contributed by atoms with Crippen molar-refractivity contribution in [1.29, 1.82) is 0 Å². The van der Waals surface area contributed by atoms with Crippen LogP contribution in [0.4, 0.5) is 5.69 Å². The van der Waals surface area contributed by atoms with Crippen molar-refractivity contribution in [2.45, 2.75) is 32.7 Å². The number of carbonyl (C=O) groups excluding carboxylic acids is 2. The van der Waals surface area contributed by atoms with Crippen molar-refractivity contribution in [3.63, 3.8) is 0 Å². The van der Waals surface area contributed by atoms with Crippen LogP contribution >= 0.6 is 0 Å². The summed E-state index contributed by atoms with van der Waals surface area (Å²) in [5, 5.41) is 2.88. The van der Waals surface area contributed by atoms with E-state index in [1.807, 2.05) is 42.2 Å². The van der Waals surface area contributed by atoms with Gasteiger partial charge in [-0.15, -0.1) is 0 Å². The molecule has 3 heterocycles. The molecule has 28 heavy (non-hydrogen) atoms. The normalized spacial score (nSPS) is 15.1. The van der Waals surface area contributed by atoms with E-state index >= 15 is 0 Å². The number of aliphatic imine (C=N–C) groups is 1. The highest BCUT2D eigenvalue weighted by Gasteiger charge is 2.25. The Balaban J connectivity index is 1.44. The van der Waals surface area contributed by atoms with E-state index < -0.39 is 0 Å². The van der Waals surface area contributed by atoms with Gasteiger partial charge in [-0.05, 0) is 47.4 Å². The number of allylic oxidation sites excluding steroid dienone is 1. The highest BCUT2D eigenvalue weighted by atomic mass is 16.2. The first kappa shape index (κ1) is 18.1. The van der Waals surface area contributed by atoms with E-state index in [2.05, 4.69) is 21.4 Å². The van der Waals surface area contributed by atoms with Gasteiger partial charge in [0.05, 0.1) is 5.71 Å². The van der Waals surface area contributed by atoms with Gasteiger partial charge in [0.1, 0.15) is 5.70 Å². The molecule has 0 bridgehead atoms. The highest BCUT2D eigenvalue weighted by molar-refractivity contribution is 6.09. The van der Waals surface area contributed by atoms with Crippen LogP contribution in [0.3, 0.4) is 0 Å². The maximum atomic E-state index is 12.4. The van der Waals surface area contributed by atoms with Crippen LogP contribution in [0.15, 0.2) is 59.5 Å². The molecular weight excluding hydrogens is 352 g/mol. The molecule has 0 unspecified atom stereocenters. The van der Waals surface area contributed by atoms with Gasteiger partial charge in [-0.25, -0.2) is 4.99 Å². The van der Waals surface area contributed by atoms with Crippen molar-refractivity contribution in [3.05, 3.63) is 71.2 Å². The number of fused-ring (bicyclic) bond motifs is 1. The number of pyridine rings is 1. The maximum absolute atomic E-state index is 12.4. The van der Waals surface area contributed by atoms with E-state index in [9.17, 15) is 9.59 Å². The number of hydrogen-bond donors (Lipinski definition) is 1. The van der Waals surface area contributed by atoms with Gasteiger partial charge in [-0.1, -0.05) is 19.1 Å². The fourth-order valence-corrected chi connectivity index (χ4v) is 3.56. The summed E-state index contributed by atoms with van der Waals surface area (Å²) in [5.74, 6) is -0.0290. The molecule has 0 saturated heterocycles. The third kappa shape index (κ3) is 3.58. The average molecular weight is 374 g/mol. The summed E-state index contributed by atoms with van der Waals surface area (Å²) < 4.78 is 0. The van der Waals surface area contributed by atoms with Crippen LogP contribution in [0.2, 0.25) is 0 Å². The molecule has 2 aliphatic heterocycles. The second-order valence-electron chi connectivity index (χ2n) is 6.89. The minimum atomic E-state index is -0.181. The second-order valence-corrected chi connectivity index (χ2v) is 6.89. The summed E-state index contributed by atoms with van der Waals surface area (Å²) in [4.78, 5) is 34.9. The summed E-state index contributed by atoms with van der Waals surface area (Å²) in [7, 11) is 0. The molecule has 2 aromatic rings. The average Bonchev–Trinajstić information content (AvgIpc) is 3.39. The quantitative estimate of drug-likeness (QED) is 0.874. The molecule has 1 aromatic carbocycles. The van der Waals surface area contributed by atoms with E-state index in [-0.39, 0.29) is 11.8 Å². The lowest BCUT2D eigenvalue weighted by atomic mass is 10.0. The summed E-state index contributed by atoms with van der Waals surface area (Å²) >= 11 is 0. The van der Waals surface area contributed by atoms with Crippen LogP contribution in [0, 0.1) is 0 Å². The Hall–Kier alpha value is -3.28. The third-order valence-electron chi connectivity index (χ3n) is 5.06. The number of amides is 2. The fourth-order valence-electron chi connectivity index (χ4n) is 3.56. The van der Waals surface area contributed by atoms with Crippen LogP contribution < -0.4 is 10.2 Å². The minimum absolute atomic E-state index is 0.152.